The first-order chi connectivity index (χ1) is 14.9. The monoisotopic (exact) mass is 479 g/mol. The van der Waals surface area contributed by atoms with Crippen molar-refractivity contribution in [2.45, 2.75) is 12.5 Å². The van der Waals surface area contributed by atoms with Crippen molar-refractivity contribution in [1.29, 1.82) is 0 Å². The second kappa shape index (κ2) is 12.4. The van der Waals surface area contributed by atoms with Crippen molar-refractivity contribution < 1.29 is 19.4 Å². The first kappa shape index (κ1) is 25.7. The van der Waals surface area contributed by atoms with Gasteiger partial charge in [-0.25, -0.2) is 14.8 Å². The van der Waals surface area contributed by atoms with Gasteiger partial charge in [0, 0.05) is 24.4 Å². The Hall–Kier alpha value is -2.60. The van der Waals surface area contributed by atoms with Gasteiger partial charge in [-0.05, 0) is 42.5 Å². The molecule has 158 valence electrons. The van der Waals surface area contributed by atoms with Gasteiger partial charge in [-0.3, -0.25) is 4.79 Å². The van der Waals surface area contributed by atoms with Crippen LogP contribution in [0.1, 0.15) is 22.3 Å². The molecule has 32 heavy (non-hydrogen) atoms. The van der Waals surface area contributed by atoms with E-state index < -0.39 is 17.9 Å². The SMILES string of the molecule is O=C(NC(CC#Cc1ccc(Oc2ncccn2)cc1)C(=O)O)c1c(Cl)cccc1Cl.[NaH]. The van der Waals surface area contributed by atoms with Crippen LogP contribution in [0.5, 0.6) is 11.8 Å². The zero-order chi connectivity index (χ0) is 22.2. The normalized spacial score (nSPS) is 10.7. The Morgan fingerprint density at radius 1 is 1.03 bits per heavy atom. The summed E-state index contributed by atoms with van der Waals surface area (Å²) in [4.78, 5) is 31.9. The molecule has 2 N–H and O–H groups in total. The number of carbonyl (C=O) groups excluding carboxylic acids is 1. The predicted molar refractivity (Wildman–Crippen MR) is 123 cm³/mol. The van der Waals surface area contributed by atoms with Gasteiger partial charge < -0.3 is 15.2 Å². The molecule has 1 heterocycles. The number of carboxylic acid groups (broad SMARTS) is 1. The third kappa shape index (κ3) is 7.23. The quantitative estimate of drug-likeness (QED) is 0.414. The van der Waals surface area contributed by atoms with Crippen LogP contribution in [0.2, 0.25) is 10.0 Å². The van der Waals surface area contributed by atoms with E-state index in [0.29, 0.717) is 11.3 Å². The molecular weight excluding hydrogens is 464 g/mol. The topological polar surface area (TPSA) is 101 Å². The Bertz CT molecular complexity index is 1130. The number of amides is 1. The van der Waals surface area contributed by atoms with Gasteiger partial charge in [-0.15, -0.1) is 0 Å². The molecule has 1 amide bonds. The van der Waals surface area contributed by atoms with Crippen LogP contribution in [0.4, 0.5) is 0 Å². The van der Waals surface area contributed by atoms with E-state index in [4.69, 9.17) is 27.9 Å². The number of hydrogen-bond acceptors (Lipinski definition) is 5. The van der Waals surface area contributed by atoms with Crippen molar-refractivity contribution in [3.63, 3.8) is 0 Å². The number of carbonyl (C=O) groups is 2. The third-order valence-corrected chi connectivity index (χ3v) is 4.57. The van der Waals surface area contributed by atoms with Crippen LogP contribution >= 0.6 is 23.2 Å². The summed E-state index contributed by atoms with van der Waals surface area (Å²) in [6, 6.07) is 12.1. The van der Waals surface area contributed by atoms with E-state index in [1.165, 1.54) is 12.1 Å². The van der Waals surface area contributed by atoms with Gasteiger partial charge in [-0.1, -0.05) is 41.1 Å². The number of nitrogens with one attached hydrogen (secondary N) is 1. The molecule has 0 bridgehead atoms. The molecule has 0 spiro atoms. The van der Waals surface area contributed by atoms with Gasteiger partial charge >= 0.3 is 41.5 Å². The number of nitrogens with zero attached hydrogens (tertiary/aromatic N) is 2. The summed E-state index contributed by atoms with van der Waals surface area (Å²) in [6.07, 6.45) is 3.03. The van der Waals surface area contributed by atoms with E-state index in [2.05, 4.69) is 27.1 Å². The Kier molecular flexibility index (Phi) is 9.97. The first-order valence-corrected chi connectivity index (χ1v) is 9.71. The molecule has 0 radical (unpaired) electrons. The molecule has 2 aromatic carbocycles. The van der Waals surface area contributed by atoms with E-state index in [1.807, 2.05) is 0 Å². The Morgan fingerprint density at radius 2 is 1.66 bits per heavy atom. The molecule has 7 nitrogen and oxygen atoms in total. The summed E-state index contributed by atoms with van der Waals surface area (Å²) < 4.78 is 5.50. The van der Waals surface area contributed by atoms with Crippen LogP contribution < -0.4 is 10.1 Å². The van der Waals surface area contributed by atoms with E-state index in [0.717, 1.165) is 0 Å². The second-order valence-corrected chi connectivity index (χ2v) is 6.94. The summed E-state index contributed by atoms with van der Waals surface area (Å²) in [5.41, 5.74) is 0.661. The molecule has 3 aromatic rings. The molecule has 1 atom stereocenters. The maximum absolute atomic E-state index is 12.4. The van der Waals surface area contributed by atoms with E-state index in [9.17, 15) is 14.7 Å². The molecule has 1 aromatic heterocycles. The number of ether oxygens (including phenoxy) is 1. The zero-order valence-corrected chi connectivity index (χ0v) is 17.4. The van der Waals surface area contributed by atoms with E-state index in [1.54, 1.807) is 48.8 Å². The van der Waals surface area contributed by atoms with Crippen molar-refractivity contribution in [3.05, 3.63) is 82.1 Å². The van der Waals surface area contributed by atoms with Gasteiger partial charge in [0.2, 0.25) is 0 Å². The van der Waals surface area contributed by atoms with E-state index in [-0.39, 0.29) is 57.6 Å². The van der Waals surface area contributed by atoms with Crippen molar-refractivity contribution in [2.24, 2.45) is 0 Å². The molecule has 0 fully saturated rings. The van der Waals surface area contributed by atoms with Crippen molar-refractivity contribution >= 4 is 64.6 Å². The molecule has 0 saturated carbocycles. The molecule has 0 aliphatic rings. The summed E-state index contributed by atoms with van der Waals surface area (Å²) in [5.74, 6) is 4.24. The summed E-state index contributed by atoms with van der Waals surface area (Å²) >= 11 is 12.0. The van der Waals surface area contributed by atoms with Gasteiger partial charge in [0.15, 0.2) is 0 Å². The summed E-state index contributed by atoms with van der Waals surface area (Å²) in [7, 11) is 0. The summed E-state index contributed by atoms with van der Waals surface area (Å²) in [6.45, 7) is 0. The standard InChI is InChI=1S/C22H15Cl2N3O4.Na.H/c23-16-5-2-6-17(24)19(16)20(28)27-18(21(29)30)7-1-4-14-8-10-15(11-9-14)31-22-25-12-3-13-26-22;;/h2-3,5-6,8-13,18H,7H2,(H,27,28)(H,29,30);;. The van der Waals surface area contributed by atoms with Gasteiger partial charge in [0.1, 0.15) is 11.8 Å². The van der Waals surface area contributed by atoms with Gasteiger partial charge in [0.25, 0.3) is 5.91 Å². The fourth-order valence-electron chi connectivity index (χ4n) is 2.45. The average molecular weight is 480 g/mol. The second-order valence-electron chi connectivity index (χ2n) is 6.12. The average Bonchev–Trinajstić information content (AvgIpc) is 2.75. The number of hydrogen-bond donors (Lipinski definition) is 2. The molecule has 1 unspecified atom stereocenters. The number of halogens is 2. The van der Waals surface area contributed by atoms with Crippen molar-refractivity contribution in [3.8, 4) is 23.6 Å². The molecule has 3 rings (SSSR count). The first-order valence-electron chi connectivity index (χ1n) is 8.95. The fraction of sp³-hybridized carbons (Fsp3) is 0.0909. The van der Waals surface area contributed by atoms with Gasteiger partial charge in [0.05, 0.1) is 15.6 Å². The van der Waals surface area contributed by atoms with Crippen LogP contribution in [-0.2, 0) is 4.79 Å². The number of carboxylic acids is 1. The van der Waals surface area contributed by atoms with Crippen LogP contribution in [0.3, 0.4) is 0 Å². The minimum absolute atomic E-state index is 0. The van der Waals surface area contributed by atoms with Crippen molar-refractivity contribution in [1.82, 2.24) is 15.3 Å². The minimum atomic E-state index is -1.23. The zero-order valence-electron chi connectivity index (χ0n) is 15.9. The predicted octanol–water partition coefficient (Wildman–Crippen LogP) is 3.55. The Morgan fingerprint density at radius 3 is 2.25 bits per heavy atom. The van der Waals surface area contributed by atoms with Crippen LogP contribution in [0.25, 0.3) is 0 Å². The van der Waals surface area contributed by atoms with Crippen LogP contribution in [0.15, 0.2) is 60.9 Å². The number of rotatable bonds is 6. The molecular formula is C22H16Cl2N3NaO4. The number of aliphatic carboxylic acids is 1. The van der Waals surface area contributed by atoms with Crippen molar-refractivity contribution in [2.75, 3.05) is 0 Å². The Balaban J connectivity index is 0.00000363. The number of benzene rings is 2. The molecule has 0 saturated heterocycles. The summed E-state index contributed by atoms with van der Waals surface area (Å²) in [5, 5.41) is 12.1. The number of aromatic nitrogens is 2. The molecule has 0 aliphatic carbocycles. The molecule has 0 aliphatic heterocycles. The van der Waals surface area contributed by atoms with E-state index >= 15 is 0 Å². The maximum atomic E-state index is 12.4. The van der Waals surface area contributed by atoms with Crippen LogP contribution in [-0.4, -0.2) is 62.6 Å². The Labute approximate surface area is 216 Å². The molecule has 10 heteroatoms. The van der Waals surface area contributed by atoms with Crippen LogP contribution in [0, 0.1) is 11.8 Å². The van der Waals surface area contributed by atoms with Gasteiger partial charge in [-0.2, -0.15) is 0 Å². The fourth-order valence-corrected chi connectivity index (χ4v) is 3.02. The third-order valence-electron chi connectivity index (χ3n) is 3.94.